The van der Waals surface area contributed by atoms with Crippen molar-refractivity contribution >= 4 is 17.6 Å². The minimum atomic E-state index is -0.762. The standard InChI is InChI=1S/C20H31N3O3/c1-6-14-10-16-17(12(14)2)19(26)23(22(4)5)9-7-8-15-11-20(15,13(3)24)21-18(16)25/h7-8,12,14-17H,6,9-11H2,1-5H3,(H,21,25). The molecule has 0 aromatic heterocycles. The van der Waals surface area contributed by atoms with Gasteiger partial charge in [0.1, 0.15) is 5.54 Å². The molecule has 1 heterocycles. The highest BCUT2D eigenvalue weighted by molar-refractivity contribution is 5.97. The van der Waals surface area contributed by atoms with Crippen molar-refractivity contribution in [1.29, 1.82) is 0 Å². The lowest BCUT2D eigenvalue weighted by Gasteiger charge is -2.33. The third-order valence-electron chi connectivity index (χ3n) is 6.82. The summed E-state index contributed by atoms with van der Waals surface area (Å²) < 4.78 is 0. The Bertz CT molecular complexity index is 644. The molecule has 0 saturated heterocycles. The Labute approximate surface area is 155 Å². The molecule has 0 spiro atoms. The van der Waals surface area contributed by atoms with Crippen molar-refractivity contribution in [3.8, 4) is 0 Å². The Morgan fingerprint density at radius 2 is 2.08 bits per heavy atom. The molecule has 2 aliphatic carbocycles. The molecule has 1 N–H and O–H groups in total. The first kappa shape index (κ1) is 19.1. The van der Waals surface area contributed by atoms with Crippen molar-refractivity contribution in [3.63, 3.8) is 0 Å². The second-order valence-electron chi connectivity index (χ2n) is 8.42. The monoisotopic (exact) mass is 361 g/mol. The predicted molar refractivity (Wildman–Crippen MR) is 98.7 cm³/mol. The molecule has 2 saturated carbocycles. The van der Waals surface area contributed by atoms with Gasteiger partial charge < -0.3 is 5.32 Å². The summed E-state index contributed by atoms with van der Waals surface area (Å²) in [7, 11) is 3.71. The first-order chi connectivity index (χ1) is 12.2. The van der Waals surface area contributed by atoms with Crippen LogP contribution in [0.4, 0.5) is 0 Å². The van der Waals surface area contributed by atoms with Crippen molar-refractivity contribution in [2.45, 2.75) is 45.6 Å². The van der Waals surface area contributed by atoms with Crippen LogP contribution in [0.2, 0.25) is 0 Å². The number of rotatable bonds is 3. The average Bonchev–Trinajstić information content (AvgIpc) is 3.16. The molecule has 1 aliphatic heterocycles. The molecule has 3 rings (SSSR count). The fourth-order valence-electron chi connectivity index (χ4n) is 4.97. The van der Waals surface area contributed by atoms with Gasteiger partial charge in [-0.2, -0.15) is 0 Å². The minimum absolute atomic E-state index is 0.00479. The number of hydrogen-bond donors (Lipinski definition) is 1. The number of ketones is 1. The number of hydrogen-bond acceptors (Lipinski definition) is 4. The largest absolute Gasteiger partial charge is 0.343 e. The highest BCUT2D eigenvalue weighted by atomic mass is 16.2. The van der Waals surface area contributed by atoms with Crippen molar-refractivity contribution in [3.05, 3.63) is 12.2 Å². The Kier molecular flexibility index (Phi) is 4.99. The summed E-state index contributed by atoms with van der Waals surface area (Å²) in [5, 5.41) is 6.57. The zero-order valence-corrected chi connectivity index (χ0v) is 16.5. The fourth-order valence-corrected chi connectivity index (χ4v) is 4.97. The van der Waals surface area contributed by atoms with Gasteiger partial charge in [0.2, 0.25) is 11.8 Å². The van der Waals surface area contributed by atoms with Gasteiger partial charge in [-0.05, 0) is 31.6 Å². The van der Waals surface area contributed by atoms with E-state index in [0.29, 0.717) is 25.3 Å². The van der Waals surface area contributed by atoms with Crippen molar-refractivity contribution in [2.75, 3.05) is 20.6 Å². The zero-order valence-electron chi connectivity index (χ0n) is 16.5. The Balaban J connectivity index is 1.99. The van der Waals surface area contributed by atoms with Crippen LogP contribution in [0.5, 0.6) is 0 Å². The number of fused-ring (bicyclic) bond motifs is 2. The van der Waals surface area contributed by atoms with Crippen molar-refractivity contribution in [1.82, 2.24) is 15.3 Å². The summed E-state index contributed by atoms with van der Waals surface area (Å²) in [6.07, 6.45) is 6.26. The number of carbonyl (C=O) groups is 3. The summed E-state index contributed by atoms with van der Waals surface area (Å²) in [5.41, 5.74) is -0.762. The van der Waals surface area contributed by atoms with Crippen LogP contribution < -0.4 is 5.32 Å². The van der Waals surface area contributed by atoms with E-state index in [1.807, 2.05) is 26.2 Å². The molecule has 0 bridgehead atoms. The fraction of sp³-hybridized carbons (Fsp3) is 0.750. The van der Waals surface area contributed by atoms with Crippen LogP contribution in [0.25, 0.3) is 0 Å². The van der Waals surface area contributed by atoms with E-state index in [4.69, 9.17) is 0 Å². The Hall–Kier alpha value is -1.69. The van der Waals surface area contributed by atoms with E-state index in [9.17, 15) is 14.4 Å². The van der Waals surface area contributed by atoms with Crippen molar-refractivity contribution in [2.24, 2.45) is 29.6 Å². The molecule has 3 aliphatic rings. The van der Waals surface area contributed by atoms with E-state index in [1.165, 1.54) is 0 Å². The van der Waals surface area contributed by atoms with Crippen LogP contribution in [-0.4, -0.2) is 53.8 Å². The van der Waals surface area contributed by atoms with Crippen LogP contribution in [0.15, 0.2) is 12.2 Å². The van der Waals surface area contributed by atoms with E-state index in [1.54, 1.807) is 16.9 Å². The topological polar surface area (TPSA) is 69.7 Å². The minimum Gasteiger partial charge on any atom is -0.343 e. The molecule has 6 unspecified atom stereocenters. The predicted octanol–water partition coefficient (Wildman–Crippen LogP) is 1.62. The summed E-state index contributed by atoms with van der Waals surface area (Å²) in [6.45, 7) is 6.23. The number of Topliss-reactive ketones (excluding diaryl/α,β-unsaturated/α-hetero) is 1. The second-order valence-corrected chi connectivity index (χ2v) is 8.42. The molecule has 144 valence electrons. The molecule has 0 aromatic carbocycles. The molecule has 0 radical (unpaired) electrons. The molecule has 2 amide bonds. The molecule has 26 heavy (non-hydrogen) atoms. The van der Waals surface area contributed by atoms with Gasteiger partial charge in [0.25, 0.3) is 0 Å². The molecule has 0 aromatic rings. The number of nitrogens with zero attached hydrogens (tertiary/aromatic N) is 2. The zero-order chi connectivity index (χ0) is 19.2. The summed E-state index contributed by atoms with van der Waals surface area (Å²) in [4.78, 5) is 38.7. The number of nitrogens with one attached hydrogen (secondary N) is 1. The van der Waals surface area contributed by atoms with Gasteiger partial charge >= 0.3 is 0 Å². The smallest absolute Gasteiger partial charge is 0.241 e. The highest BCUT2D eigenvalue weighted by Gasteiger charge is 2.59. The maximum Gasteiger partial charge on any atom is 0.241 e. The Morgan fingerprint density at radius 3 is 2.65 bits per heavy atom. The van der Waals surface area contributed by atoms with Gasteiger partial charge in [-0.15, -0.1) is 0 Å². The molecule has 6 nitrogen and oxygen atoms in total. The molecule has 6 heteroatoms. The summed E-state index contributed by atoms with van der Waals surface area (Å²) in [6, 6.07) is 0. The van der Waals surface area contributed by atoms with Gasteiger partial charge in [0, 0.05) is 20.0 Å². The van der Waals surface area contributed by atoms with Crippen LogP contribution >= 0.6 is 0 Å². The lowest BCUT2D eigenvalue weighted by Crippen LogP contribution is -2.51. The Morgan fingerprint density at radius 1 is 1.38 bits per heavy atom. The highest BCUT2D eigenvalue weighted by Crippen LogP contribution is 2.48. The SMILES string of the molecule is CCC1CC2C(=O)NC3(C(C)=O)CC3C=CCN(N(C)C)C(=O)C2C1C. The van der Waals surface area contributed by atoms with Gasteiger partial charge in [0.15, 0.2) is 5.78 Å². The van der Waals surface area contributed by atoms with E-state index in [2.05, 4.69) is 19.2 Å². The first-order valence-corrected chi connectivity index (χ1v) is 9.71. The van der Waals surface area contributed by atoms with E-state index >= 15 is 0 Å². The lowest BCUT2D eigenvalue weighted by atomic mass is 9.86. The normalized spacial score (nSPS) is 39.9. The maximum atomic E-state index is 13.3. The first-order valence-electron chi connectivity index (χ1n) is 9.71. The van der Waals surface area contributed by atoms with E-state index in [-0.39, 0.29) is 41.3 Å². The average molecular weight is 361 g/mol. The summed E-state index contributed by atoms with van der Waals surface area (Å²) >= 11 is 0. The van der Waals surface area contributed by atoms with Crippen molar-refractivity contribution < 1.29 is 14.4 Å². The van der Waals surface area contributed by atoms with Gasteiger partial charge in [0.05, 0.1) is 18.4 Å². The molecule has 2 fully saturated rings. The quantitative estimate of drug-likeness (QED) is 0.776. The van der Waals surface area contributed by atoms with Gasteiger partial charge in [-0.3, -0.25) is 19.4 Å². The van der Waals surface area contributed by atoms with Crippen LogP contribution in [-0.2, 0) is 14.4 Å². The molecule has 6 atom stereocenters. The third kappa shape index (κ3) is 2.98. The number of carbonyl (C=O) groups excluding carboxylic acids is 3. The number of hydrazine groups is 1. The maximum absolute atomic E-state index is 13.3. The van der Waals surface area contributed by atoms with Crippen LogP contribution in [0.3, 0.4) is 0 Å². The van der Waals surface area contributed by atoms with E-state index in [0.717, 1.165) is 6.42 Å². The number of amides is 2. The molecular formula is C20H31N3O3. The second kappa shape index (κ2) is 6.80. The van der Waals surface area contributed by atoms with Crippen LogP contribution in [0, 0.1) is 29.6 Å². The third-order valence-corrected chi connectivity index (χ3v) is 6.82. The summed E-state index contributed by atoms with van der Waals surface area (Å²) in [5.74, 6) is -0.279. The van der Waals surface area contributed by atoms with Gasteiger partial charge in [-0.1, -0.05) is 32.4 Å². The van der Waals surface area contributed by atoms with Crippen LogP contribution in [0.1, 0.15) is 40.0 Å². The lowest BCUT2D eigenvalue weighted by molar-refractivity contribution is -0.153. The van der Waals surface area contributed by atoms with E-state index < -0.39 is 5.54 Å². The van der Waals surface area contributed by atoms with Gasteiger partial charge in [-0.25, -0.2) is 5.01 Å². The molecular weight excluding hydrogens is 330 g/mol.